The van der Waals surface area contributed by atoms with Crippen molar-refractivity contribution in [2.24, 2.45) is 5.73 Å². The molecule has 0 radical (unpaired) electrons. The first-order valence-corrected chi connectivity index (χ1v) is 4.74. The van der Waals surface area contributed by atoms with Crippen molar-refractivity contribution in [1.82, 2.24) is 10.3 Å². The molecule has 0 aliphatic rings. The predicted molar refractivity (Wildman–Crippen MR) is 56.6 cm³/mol. The average Bonchev–Trinajstić information content (AvgIpc) is 2.27. The fourth-order valence-electron chi connectivity index (χ4n) is 1.13. The number of rotatable bonds is 5. The van der Waals surface area contributed by atoms with Crippen LogP contribution < -0.4 is 11.1 Å². The van der Waals surface area contributed by atoms with E-state index >= 15 is 0 Å². The lowest BCUT2D eigenvalue weighted by Crippen LogP contribution is -2.43. The van der Waals surface area contributed by atoms with Crippen molar-refractivity contribution in [2.45, 2.75) is 12.5 Å². The number of hydrogen-bond donors (Lipinski definition) is 3. The molecular weight excluding hydrogens is 210 g/mol. The molecule has 1 rings (SSSR count). The Labute approximate surface area is 92.5 Å². The Balaban J connectivity index is 2.43. The van der Waals surface area contributed by atoms with Crippen molar-refractivity contribution < 1.29 is 14.7 Å². The van der Waals surface area contributed by atoms with Crippen LogP contribution in [0.2, 0.25) is 0 Å². The van der Waals surface area contributed by atoms with E-state index in [1.54, 1.807) is 24.4 Å². The van der Waals surface area contributed by atoms with Crippen LogP contribution in [0.5, 0.6) is 0 Å². The lowest BCUT2D eigenvalue weighted by Gasteiger charge is -2.10. The molecule has 1 atom stereocenters. The average molecular weight is 223 g/mol. The number of carbonyl (C=O) groups excluding carboxylic acids is 1. The van der Waals surface area contributed by atoms with Crippen molar-refractivity contribution in [2.75, 3.05) is 6.54 Å². The van der Waals surface area contributed by atoms with Gasteiger partial charge in [-0.25, -0.2) is 0 Å². The summed E-state index contributed by atoms with van der Waals surface area (Å²) in [5.41, 5.74) is 6.29. The molecule has 6 heteroatoms. The molecule has 0 spiro atoms. The molecule has 4 N–H and O–H groups in total. The first kappa shape index (κ1) is 12.1. The zero-order valence-electron chi connectivity index (χ0n) is 8.59. The van der Waals surface area contributed by atoms with E-state index in [1.165, 1.54) is 0 Å². The van der Waals surface area contributed by atoms with Gasteiger partial charge in [-0.15, -0.1) is 0 Å². The number of pyridine rings is 1. The first-order valence-electron chi connectivity index (χ1n) is 4.74. The summed E-state index contributed by atoms with van der Waals surface area (Å²) in [6, 6.07) is 4.53. The maximum Gasteiger partial charge on any atom is 0.322 e. The number of carbonyl (C=O) groups is 2. The third kappa shape index (κ3) is 4.05. The largest absolute Gasteiger partial charge is 0.480 e. The highest BCUT2D eigenvalue weighted by Gasteiger charge is 2.14. The maximum atomic E-state index is 11.3. The third-order valence-corrected chi connectivity index (χ3v) is 1.91. The minimum absolute atomic E-state index is 0.284. The predicted octanol–water partition coefficient (Wildman–Crippen LogP) is -0.848. The molecule has 0 aliphatic heterocycles. The fraction of sp³-hybridized carbons (Fsp3) is 0.300. The summed E-state index contributed by atoms with van der Waals surface area (Å²) in [4.78, 5) is 25.6. The van der Waals surface area contributed by atoms with Crippen LogP contribution in [-0.2, 0) is 16.0 Å². The second-order valence-corrected chi connectivity index (χ2v) is 3.24. The van der Waals surface area contributed by atoms with Gasteiger partial charge in [-0.05, 0) is 12.1 Å². The summed E-state index contributed by atoms with van der Waals surface area (Å²) in [6.45, 7) is -0.422. The highest BCUT2D eigenvalue weighted by Crippen LogP contribution is 1.97. The molecule has 1 aromatic heterocycles. The van der Waals surface area contributed by atoms with Crippen LogP contribution in [0.3, 0.4) is 0 Å². The van der Waals surface area contributed by atoms with Crippen molar-refractivity contribution in [3.8, 4) is 0 Å². The number of aliphatic carboxylic acids is 1. The van der Waals surface area contributed by atoms with Gasteiger partial charge in [-0.2, -0.15) is 0 Å². The summed E-state index contributed by atoms with van der Waals surface area (Å²) in [7, 11) is 0. The van der Waals surface area contributed by atoms with Gasteiger partial charge in [-0.3, -0.25) is 14.6 Å². The van der Waals surface area contributed by atoms with E-state index in [9.17, 15) is 9.59 Å². The quantitative estimate of drug-likeness (QED) is 0.603. The standard InChI is InChI=1S/C10H13N3O3/c11-8(10(16)13-6-9(14)15)5-7-3-1-2-4-12-7/h1-4,8H,5-6,11H2,(H,13,16)(H,14,15)/t8-/m0/s1. The van der Waals surface area contributed by atoms with Gasteiger partial charge in [0.25, 0.3) is 0 Å². The number of aromatic nitrogens is 1. The fourth-order valence-corrected chi connectivity index (χ4v) is 1.13. The molecule has 0 aliphatic carbocycles. The van der Waals surface area contributed by atoms with Crippen molar-refractivity contribution >= 4 is 11.9 Å². The Hall–Kier alpha value is -1.95. The zero-order chi connectivity index (χ0) is 12.0. The normalized spacial score (nSPS) is 11.8. The molecule has 0 unspecified atom stereocenters. The van der Waals surface area contributed by atoms with Crippen LogP contribution in [-0.4, -0.2) is 34.6 Å². The van der Waals surface area contributed by atoms with E-state index in [0.717, 1.165) is 0 Å². The summed E-state index contributed by atoms with van der Waals surface area (Å²) >= 11 is 0. The van der Waals surface area contributed by atoms with E-state index in [-0.39, 0.29) is 6.42 Å². The molecular formula is C10H13N3O3. The number of carboxylic acid groups (broad SMARTS) is 1. The van der Waals surface area contributed by atoms with Crippen LogP contribution >= 0.6 is 0 Å². The topological polar surface area (TPSA) is 105 Å². The molecule has 0 aromatic carbocycles. The Morgan fingerprint density at radius 1 is 1.50 bits per heavy atom. The summed E-state index contributed by atoms with van der Waals surface area (Å²) < 4.78 is 0. The summed E-state index contributed by atoms with van der Waals surface area (Å²) in [5, 5.41) is 10.6. The van der Waals surface area contributed by atoms with Gasteiger partial charge in [0.2, 0.25) is 5.91 Å². The summed E-state index contributed by atoms with van der Waals surface area (Å²) in [6.07, 6.45) is 1.89. The number of nitrogens with zero attached hydrogens (tertiary/aromatic N) is 1. The lowest BCUT2D eigenvalue weighted by molar-refractivity contribution is -0.138. The molecule has 1 amide bonds. The smallest absolute Gasteiger partial charge is 0.322 e. The van der Waals surface area contributed by atoms with Crippen LogP contribution in [0.1, 0.15) is 5.69 Å². The van der Waals surface area contributed by atoms with E-state index in [2.05, 4.69) is 10.3 Å². The molecule has 1 aromatic rings. The van der Waals surface area contributed by atoms with Crippen LogP contribution in [0, 0.1) is 0 Å². The minimum Gasteiger partial charge on any atom is -0.480 e. The van der Waals surface area contributed by atoms with E-state index in [0.29, 0.717) is 5.69 Å². The van der Waals surface area contributed by atoms with Crippen molar-refractivity contribution in [3.63, 3.8) is 0 Å². The number of nitrogens with two attached hydrogens (primary N) is 1. The van der Waals surface area contributed by atoms with E-state index in [1.807, 2.05) is 0 Å². The Bertz CT molecular complexity index is 367. The van der Waals surface area contributed by atoms with Crippen LogP contribution in [0.15, 0.2) is 24.4 Å². The van der Waals surface area contributed by atoms with E-state index < -0.39 is 24.5 Å². The van der Waals surface area contributed by atoms with Crippen LogP contribution in [0.25, 0.3) is 0 Å². The minimum atomic E-state index is -1.10. The molecule has 0 fully saturated rings. The second kappa shape index (κ2) is 5.82. The van der Waals surface area contributed by atoms with Gasteiger partial charge < -0.3 is 16.2 Å². The summed E-state index contributed by atoms with van der Waals surface area (Å²) in [5.74, 6) is -1.59. The lowest BCUT2D eigenvalue weighted by atomic mass is 10.1. The van der Waals surface area contributed by atoms with Crippen molar-refractivity contribution in [3.05, 3.63) is 30.1 Å². The second-order valence-electron chi connectivity index (χ2n) is 3.24. The van der Waals surface area contributed by atoms with Gasteiger partial charge in [-0.1, -0.05) is 6.07 Å². The Morgan fingerprint density at radius 2 is 2.25 bits per heavy atom. The molecule has 1 heterocycles. The highest BCUT2D eigenvalue weighted by molar-refractivity contribution is 5.85. The van der Waals surface area contributed by atoms with Crippen LogP contribution in [0.4, 0.5) is 0 Å². The molecule has 6 nitrogen and oxygen atoms in total. The molecule has 0 saturated heterocycles. The van der Waals surface area contributed by atoms with Gasteiger partial charge in [0.05, 0.1) is 6.04 Å². The number of carboxylic acids is 1. The van der Waals surface area contributed by atoms with Crippen molar-refractivity contribution in [1.29, 1.82) is 0 Å². The highest BCUT2D eigenvalue weighted by atomic mass is 16.4. The molecule has 0 bridgehead atoms. The number of amides is 1. The SMILES string of the molecule is N[C@@H](Cc1ccccn1)C(=O)NCC(=O)O. The Kier molecular flexibility index (Phi) is 4.41. The van der Waals surface area contributed by atoms with Gasteiger partial charge >= 0.3 is 5.97 Å². The Morgan fingerprint density at radius 3 is 2.81 bits per heavy atom. The number of nitrogens with one attached hydrogen (secondary N) is 1. The van der Waals surface area contributed by atoms with E-state index in [4.69, 9.17) is 10.8 Å². The maximum absolute atomic E-state index is 11.3. The monoisotopic (exact) mass is 223 g/mol. The first-order chi connectivity index (χ1) is 7.59. The van der Waals surface area contributed by atoms with Gasteiger partial charge in [0.1, 0.15) is 6.54 Å². The third-order valence-electron chi connectivity index (χ3n) is 1.91. The number of hydrogen-bond acceptors (Lipinski definition) is 4. The molecule has 16 heavy (non-hydrogen) atoms. The molecule has 86 valence electrons. The molecule has 0 saturated carbocycles. The zero-order valence-corrected chi connectivity index (χ0v) is 8.59. The van der Waals surface area contributed by atoms with Gasteiger partial charge in [0, 0.05) is 18.3 Å². The van der Waals surface area contributed by atoms with Gasteiger partial charge in [0.15, 0.2) is 0 Å².